The number of benzene rings is 1. The van der Waals surface area contributed by atoms with E-state index in [1.54, 1.807) is 6.07 Å². The summed E-state index contributed by atoms with van der Waals surface area (Å²) < 4.78 is 16.6. The lowest BCUT2D eigenvalue weighted by Gasteiger charge is -2.16. The van der Waals surface area contributed by atoms with Gasteiger partial charge in [-0.15, -0.1) is 11.8 Å². The van der Waals surface area contributed by atoms with Crippen molar-refractivity contribution in [3.63, 3.8) is 0 Å². The molecule has 1 heterocycles. The van der Waals surface area contributed by atoms with E-state index in [0.29, 0.717) is 4.90 Å². The van der Waals surface area contributed by atoms with Crippen LogP contribution in [0.25, 0.3) is 0 Å². The van der Waals surface area contributed by atoms with E-state index < -0.39 is 0 Å². The lowest BCUT2D eigenvalue weighted by molar-refractivity contribution is 0.578. The Kier molecular flexibility index (Phi) is 5.84. The quantitative estimate of drug-likeness (QED) is 0.787. The van der Waals surface area contributed by atoms with Crippen molar-refractivity contribution in [2.45, 2.75) is 24.3 Å². The van der Waals surface area contributed by atoms with Gasteiger partial charge in [0.15, 0.2) is 0 Å². The van der Waals surface area contributed by atoms with Crippen LogP contribution >= 0.6 is 27.7 Å². The highest BCUT2D eigenvalue weighted by Gasteiger charge is 2.16. The molecule has 6 heteroatoms. The minimum absolute atomic E-state index is 0.157. The van der Waals surface area contributed by atoms with Gasteiger partial charge in [-0.25, -0.2) is 4.39 Å². The van der Waals surface area contributed by atoms with Crippen LogP contribution in [-0.2, 0) is 13.5 Å². The van der Waals surface area contributed by atoms with Crippen molar-refractivity contribution in [3.8, 4) is 0 Å². The van der Waals surface area contributed by atoms with Gasteiger partial charge in [0.1, 0.15) is 5.82 Å². The fourth-order valence-electron chi connectivity index (χ4n) is 2.13. The van der Waals surface area contributed by atoms with Crippen LogP contribution in [0.5, 0.6) is 0 Å². The van der Waals surface area contributed by atoms with Gasteiger partial charge in [-0.05, 0) is 42.0 Å². The van der Waals surface area contributed by atoms with E-state index in [1.165, 1.54) is 17.8 Å². The topological polar surface area (TPSA) is 29.9 Å². The maximum Gasteiger partial charge on any atom is 0.136 e. The molecular formula is C15H19BrFN3S. The highest BCUT2D eigenvalue weighted by Crippen LogP contribution is 2.25. The molecule has 1 N–H and O–H groups in total. The van der Waals surface area contributed by atoms with Gasteiger partial charge in [-0.1, -0.05) is 12.1 Å². The van der Waals surface area contributed by atoms with Crippen LogP contribution in [0.2, 0.25) is 0 Å². The zero-order chi connectivity index (χ0) is 15.4. The molecule has 0 spiro atoms. The van der Waals surface area contributed by atoms with Gasteiger partial charge in [-0.2, -0.15) is 5.10 Å². The maximum absolute atomic E-state index is 13.6. The summed E-state index contributed by atoms with van der Waals surface area (Å²) in [5, 5.41) is 7.70. The summed E-state index contributed by atoms with van der Waals surface area (Å²) in [6, 6.07) is 7.14. The Labute approximate surface area is 137 Å². The van der Waals surface area contributed by atoms with Crippen molar-refractivity contribution in [2.24, 2.45) is 7.05 Å². The van der Waals surface area contributed by atoms with E-state index >= 15 is 0 Å². The molecule has 0 aliphatic carbocycles. The number of halogens is 2. The first kappa shape index (κ1) is 16.5. The van der Waals surface area contributed by atoms with E-state index in [9.17, 15) is 4.39 Å². The van der Waals surface area contributed by atoms with Crippen molar-refractivity contribution >= 4 is 27.7 Å². The van der Waals surface area contributed by atoms with Crippen molar-refractivity contribution in [3.05, 3.63) is 45.9 Å². The molecule has 2 aromatic rings. The van der Waals surface area contributed by atoms with E-state index in [2.05, 4.69) is 26.3 Å². The summed E-state index contributed by atoms with van der Waals surface area (Å²) in [6.45, 7) is 1.98. The van der Waals surface area contributed by atoms with Crippen molar-refractivity contribution in [1.29, 1.82) is 0 Å². The van der Waals surface area contributed by atoms with Crippen LogP contribution in [0, 0.1) is 12.7 Å². The Morgan fingerprint density at radius 2 is 2.14 bits per heavy atom. The number of nitrogens with zero attached hydrogens (tertiary/aromatic N) is 2. The molecule has 0 aliphatic rings. The summed E-state index contributed by atoms with van der Waals surface area (Å²) in [4.78, 5) is 0.693. The third kappa shape index (κ3) is 4.08. The van der Waals surface area contributed by atoms with Crippen molar-refractivity contribution in [2.75, 3.05) is 12.8 Å². The predicted molar refractivity (Wildman–Crippen MR) is 89.3 cm³/mol. The van der Waals surface area contributed by atoms with Gasteiger partial charge in [-0.3, -0.25) is 4.68 Å². The molecule has 0 fully saturated rings. The number of aromatic nitrogens is 2. The van der Waals surface area contributed by atoms with Gasteiger partial charge in [0.25, 0.3) is 0 Å². The molecule has 21 heavy (non-hydrogen) atoms. The van der Waals surface area contributed by atoms with Crippen LogP contribution < -0.4 is 5.32 Å². The molecule has 0 saturated carbocycles. The minimum atomic E-state index is -0.157. The SMILES string of the molecule is CNC(CSc1ccccc1F)Cc1c(Br)c(C)nn1C. The number of nitrogens with one attached hydrogen (secondary N) is 1. The molecule has 1 aromatic carbocycles. The Balaban J connectivity index is 2.02. The average molecular weight is 372 g/mol. The molecule has 2 rings (SSSR count). The zero-order valence-electron chi connectivity index (χ0n) is 12.4. The molecule has 0 aliphatic heterocycles. The summed E-state index contributed by atoms with van der Waals surface area (Å²) >= 11 is 5.12. The standard InChI is InChI=1S/C15H19BrFN3S/c1-10-15(16)13(20(3)19-10)8-11(18-2)9-21-14-7-5-4-6-12(14)17/h4-7,11,18H,8-9H2,1-3H3. The molecule has 0 amide bonds. The normalized spacial score (nSPS) is 12.6. The lowest BCUT2D eigenvalue weighted by atomic mass is 10.2. The third-order valence-electron chi connectivity index (χ3n) is 3.39. The number of aryl methyl sites for hydroxylation is 2. The fraction of sp³-hybridized carbons (Fsp3) is 0.400. The molecule has 0 bridgehead atoms. The highest BCUT2D eigenvalue weighted by molar-refractivity contribution is 9.10. The molecular weight excluding hydrogens is 353 g/mol. The maximum atomic E-state index is 13.6. The van der Waals surface area contributed by atoms with E-state index in [0.717, 1.165) is 28.0 Å². The van der Waals surface area contributed by atoms with Gasteiger partial charge in [0.2, 0.25) is 0 Å². The minimum Gasteiger partial charge on any atom is -0.316 e. The van der Waals surface area contributed by atoms with Gasteiger partial charge in [0.05, 0.1) is 15.9 Å². The molecule has 1 aromatic heterocycles. The average Bonchev–Trinajstić information content (AvgIpc) is 2.70. The zero-order valence-corrected chi connectivity index (χ0v) is 14.8. The molecule has 0 saturated heterocycles. The second kappa shape index (κ2) is 7.42. The van der Waals surface area contributed by atoms with Gasteiger partial charge in [0, 0.05) is 30.2 Å². The van der Waals surface area contributed by atoms with Crippen molar-refractivity contribution < 1.29 is 4.39 Å². The van der Waals surface area contributed by atoms with Gasteiger partial charge >= 0.3 is 0 Å². The first-order valence-corrected chi connectivity index (χ1v) is 8.53. The molecule has 1 unspecified atom stereocenters. The predicted octanol–water partition coefficient (Wildman–Crippen LogP) is 3.55. The smallest absolute Gasteiger partial charge is 0.136 e. The number of likely N-dealkylation sites (N-methyl/N-ethyl adjacent to an activating group) is 1. The fourth-order valence-corrected chi connectivity index (χ4v) is 3.68. The molecule has 3 nitrogen and oxygen atoms in total. The van der Waals surface area contributed by atoms with Gasteiger partial charge < -0.3 is 5.32 Å². The van der Waals surface area contributed by atoms with E-state index in [1.807, 2.05) is 37.8 Å². The number of hydrogen-bond donors (Lipinski definition) is 1. The number of hydrogen-bond acceptors (Lipinski definition) is 3. The van der Waals surface area contributed by atoms with Crippen molar-refractivity contribution in [1.82, 2.24) is 15.1 Å². The number of rotatable bonds is 6. The van der Waals surface area contributed by atoms with Crippen LogP contribution in [0.4, 0.5) is 4.39 Å². The lowest BCUT2D eigenvalue weighted by Crippen LogP contribution is -2.31. The molecule has 1 atom stereocenters. The highest BCUT2D eigenvalue weighted by atomic mass is 79.9. The Bertz CT molecular complexity index is 615. The van der Waals surface area contributed by atoms with E-state index in [4.69, 9.17) is 0 Å². The summed E-state index contributed by atoms with van der Waals surface area (Å²) in [5.41, 5.74) is 2.14. The molecule has 0 radical (unpaired) electrons. The Hall–Kier alpha value is -0.850. The first-order valence-electron chi connectivity index (χ1n) is 6.75. The number of thioether (sulfide) groups is 1. The monoisotopic (exact) mass is 371 g/mol. The van der Waals surface area contributed by atoms with Crippen LogP contribution in [0.3, 0.4) is 0 Å². The largest absolute Gasteiger partial charge is 0.316 e. The van der Waals surface area contributed by atoms with Crippen LogP contribution in [-0.4, -0.2) is 28.6 Å². The second-order valence-corrected chi connectivity index (χ2v) is 6.76. The molecule has 114 valence electrons. The summed E-state index contributed by atoms with van der Waals surface area (Å²) in [5.74, 6) is 0.642. The summed E-state index contributed by atoms with van der Waals surface area (Å²) in [7, 11) is 3.88. The van der Waals surface area contributed by atoms with E-state index in [-0.39, 0.29) is 11.9 Å². The third-order valence-corrected chi connectivity index (χ3v) is 5.63. The first-order chi connectivity index (χ1) is 10.0. The Morgan fingerprint density at radius 1 is 1.43 bits per heavy atom. The summed E-state index contributed by atoms with van der Waals surface area (Å²) in [6.07, 6.45) is 0.843. The van der Waals surface area contributed by atoms with Crippen LogP contribution in [0.1, 0.15) is 11.4 Å². The van der Waals surface area contributed by atoms with Crippen LogP contribution in [0.15, 0.2) is 33.6 Å². The second-order valence-electron chi connectivity index (χ2n) is 4.90. The Morgan fingerprint density at radius 3 is 2.71 bits per heavy atom.